The van der Waals surface area contributed by atoms with Crippen molar-refractivity contribution in [3.8, 4) is 0 Å². The van der Waals surface area contributed by atoms with Gasteiger partial charge in [-0.15, -0.1) is 0 Å². The summed E-state index contributed by atoms with van der Waals surface area (Å²) < 4.78 is 25.4. The van der Waals surface area contributed by atoms with Crippen LogP contribution in [0.1, 0.15) is 46.4 Å². The molecule has 2 aromatic carbocycles. The van der Waals surface area contributed by atoms with E-state index >= 15 is 0 Å². The topological polar surface area (TPSA) is 75.3 Å². The van der Waals surface area contributed by atoms with E-state index in [4.69, 9.17) is 0 Å². The fourth-order valence-electron chi connectivity index (χ4n) is 2.53. The molecule has 0 saturated carbocycles. The molecule has 0 fully saturated rings. The van der Waals surface area contributed by atoms with E-state index in [1.54, 1.807) is 25.1 Å². The van der Waals surface area contributed by atoms with Crippen LogP contribution >= 0.6 is 0 Å². The van der Waals surface area contributed by atoms with Crippen molar-refractivity contribution < 1.29 is 13.2 Å². The van der Waals surface area contributed by atoms with E-state index in [1.165, 1.54) is 5.56 Å². The molecule has 0 spiro atoms. The smallest absolute Gasteiger partial charge is 0.251 e. The normalized spacial score (nSPS) is 12.5. The molecule has 0 aliphatic rings. The fraction of sp³-hybridized carbons (Fsp3) is 0.316. The Kier molecular flexibility index (Phi) is 5.85. The van der Waals surface area contributed by atoms with E-state index in [9.17, 15) is 13.2 Å². The zero-order valence-electron chi connectivity index (χ0n) is 15.0. The lowest BCUT2D eigenvalue weighted by Crippen LogP contribution is -2.28. The summed E-state index contributed by atoms with van der Waals surface area (Å²) in [6.45, 7) is 5.82. The van der Waals surface area contributed by atoms with Gasteiger partial charge < -0.3 is 5.32 Å². The largest absolute Gasteiger partial charge is 0.345 e. The Morgan fingerprint density at radius 3 is 2.28 bits per heavy atom. The molecule has 0 radical (unpaired) electrons. The van der Waals surface area contributed by atoms with Crippen molar-refractivity contribution in [1.29, 1.82) is 0 Å². The second-order valence-corrected chi connectivity index (χ2v) is 8.00. The van der Waals surface area contributed by atoms with Crippen LogP contribution in [0, 0.1) is 13.8 Å². The van der Waals surface area contributed by atoms with Crippen molar-refractivity contribution >= 4 is 21.6 Å². The standard InChI is InChI=1S/C19H24N2O3S/c1-5-17(15-9-6-13(2)7-10-15)20-19(22)16-11-8-14(3)18(12-16)21-25(4,23)24/h6-12,17,21H,5H2,1-4H3,(H,20,22). The number of anilines is 1. The van der Waals surface area contributed by atoms with Gasteiger partial charge in [0.1, 0.15) is 0 Å². The third kappa shape index (κ3) is 5.32. The van der Waals surface area contributed by atoms with Gasteiger partial charge in [0.15, 0.2) is 0 Å². The Morgan fingerprint density at radius 2 is 1.72 bits per heavy atom. The van der Waals surface area contributed by atoms with E-state index in [-0.39, 0.29) is 11.9 Å². The molecule has 0 saturated heterocycles. The first kappa shape index (κ1) is 19.0. The second kappa shape index (κ2) is 7.70. The number of sulfonamides is 1. The lowest BCUT2D eigenvalue weighted by Gasteiger charge is -2.18. The van der Waals surface area contributed by atoms with Gasteiger partial charge in [0, 0.05) is 5.56 Å². The first-order chi connectivity index (χ1) is 11.7. The van der Waals surface area contributed by atoms with Gasteiger partial charge >= 0.3 is 0 Å². The van der Waals surface area contributed by atoms with Gasteiger partial charge in [-0.25, -0.2) is 8.42 Å². The summed E-state index contributed by atoms with van der Waals surface area (Å²) in [5.74, 6) is -0.232. The van der Waals surface area contributed by atoms with Gasteiger partial charge in [-0.05, 0) is 43.5 Å². The minimum Gasteiger partial charge on any atom is -0.345 e. The second-order valence-electron chi connectivity index (χ2n) is 6.25. The van der Waals surface area contributed by atoms with Crippen LogP contribution in [-0.2, 0) is 10.0 Å². The molecule has 1 atom stereocenters. The van der Waals surface area contributed by atoms with Crippen molar-refractivity contribution in [1.82, 2.24) is 5.32 Å². The van der Waals surface area contributed by atoms with Crippen LogP contribution in [0.3, 0.4) is 0 Å². The summed E-state index contributed by atoms with van der Waals surface area (Å²) >= 11 is 0. The lowest BCUT2D eigenvalue weighted by molar-refractivity contribution is 0.0935. The highest BCUT2D eigenvalue weighted by Gasteiger charge is 2.15. The van der Waals surface area contributed by atoms with E-state index in [1.807, 2.05) is 38.1 Å². The Hall–Kier alpha value is -2.34. The van der Waals surface area contributed by atoms with Crippen LogP contribution in [0.5, 0.6) is 0 Å². The number of benzene rings is 2. The van der Waals surface area contributed by atoms with E-state index < -0.39 is 10.0 Å². The van der Waals surface area contributed by atoms with Crippen LogP contribution < -0.4 is 10.0 Å². The first-order valence-electron chi connectivity index (χ1n) is 8.15. The summed E-state index contributed by atoms with van der Waals surface area (Å²) in [4.78, 5) is 12.6. The fourth-order valence-corrected chi connectivity index (χ4v) is 3.15. The molecule has 2 N–H and O–H groups in total. The number of aryl methyl sites for hydroxylation is 2. The molecule has 0 aliphatic heterocycles. The molecule has 0 heterocycles. The Labute approximate surface area is 149 Å². The third-order valence-corrected chi connectivity index (χ3v) is 4.58. The zero-order chi connectivity index (χ0) is 18.6. The van der Waals surface area contributed by atoms with E-state index in [2.05, 4.69) is 10.0 Å². The highest BCUT2D eigenvalue weighted by atomic mass is 32.2. The van der Waals surface area contributed by atoms with Gasteiger partial charge in [0.25, 0.3) is 5.91 Å². The molecule has 2 rings (SSSR count). The first-order valence-corrected chi connectivity index (χ1v) is 10.0. The average molecular weight is 360 g/mol. The van der Waals surface area contributed by atoms with Gasteiger partial charge in [0.2, 0.25) is 10.0 Å². The molecule has 25 heavy (non-hydrogen) atoms. The van der Waals surface area contributed by atoms with Crippen molar-refractivity contribution in [3.63, 3.8) is 0 Å². The molecule has 1 amide bonds. The molecule has 5 nitrogen and oxygen atoms in total. The van der Waals surface area contributed by atoms with Gasteiger partial charge in [-0.3, -0.25) is 9.52 Å². The number of nitrogens with one attached hydrogen (secondary N) is 2. The summed E-state index contributed by atoms with van der Waals surface area (Å²) in [6.07, 6.45) is 1.85. The van der Waals surface area contributed by atoms with E-state index in [0.717, 1.165) is 23.8 Å². The number of carbonyl (C=O) groups is 1. The van der Waals surface area contributed by atoms with Gasteiger partial charge in [-0.2, -0.15) is 0 Å². The summed E-state index contributed by atoms with van der Waals surface area (Å²) in [5, 5.41) is 3.01. The third-order valence-electron chi connectivity index (χ3n) is 3.99. The van der Waals surface area contributed by atoms with Crippen LogP contribution in [0.2, 0.25) is 0 Å². The number of rotatable bonds is 6. The molecule has 1 unspecified atom stereocenters. The maximum atomic E-state index is 12.6. The summed E-state index contributed by atoms with van der Waals surface area (Å²) in [5.41, 5.74) is 3.80. The van der Waals surface area contributed by atoms with Crippen LogP contribution in [-0.4, -0.2) is 20.6 Å². The molecular weight excluding hydrogens is 336 g/mol. The van der Waals surface area contributed by atoms with Gasteiger partial charge in [0.05, 0.1) is 18.0 Å². The maximum Gasteiger partial charge on any atom is 0.251 e. The van der Waals surface area contributed by atoms with Crippen LogP contribution in [0.25, 0.3) is 0 Å². The number of carbonyl (C=O) groups excluding carboxylic acids is 1. The predicted octanol–water partition coefficient (Wildman–Crippen LogP) is 3.56. The average Bonchev–Trinajstić information content (AvgIpc) is 2.54. The van der Waals surface area contributed by atoms with Crippen LogP contribution in [0.15, 0.2) is 42.5 Å². The zero-order valence-corrected chi connectivity index (χ0v) is 15.8. The summed E-state index contributed by atoms with van der Waals surface area (Å²) in [7, 11) is -3.40. The lowest BCUT2D eigenvalue weighted by atomic mass is 10.0. The number of hydrogen-bond acceptors (Lipinski definition) is 3. The molecule has 6 heteroatoms. The van der Waals surface area contributed by atoms with Gasteiger partial charge in [-0.1, -0.05) is 42.8 Å². The van der Waals surface area contributed by atoms with Crippen LogP contribution in [0.4, 0.5) is 5.69 Å². The Bertz CT molecular complexity index is 859. The molecular formula is C19H24N2O3S. The summed E-state index contributed by atoms with van der Waals surface area (Å²) in [6, 6.07) is 12.9. The predicted molar refractivity (Wildman–Crippen MR) is 101 cm³/mol. The SMILES string of the molecule is CCC(NC(=O)c1ccc(C)c(NS(C)(=O)=O)c1)c1ccc(C)cc1. The van der Waals surface area contributed by atoms with Crippen molar-refractivity contribution in [2.75, 3.05) is 11.0 Å². The minimum atomic E-state index is -3.40. The Balaban J connectivity index is 2.22. The molecule has 0 aromatic heterocycles. The van der Waals surface area contributed by atoms with Crippen molar-refractivity contribution in [2.45, 2.75) is 33.2 Å². The monoisotopic (exact) mass is 360 g/mol. The van der Waals surface area contributed by atoms with Crippen molar-refractivity contribution in [3.05, 3.63) is 64.7 Å². The molecule has 134 valence electrons. The van der Waals surface area contributed by atoms with E-state index in [0.29, 0.717) is 11.3 Å². The number of amides is 1. The Morgan fingerprint density at radius 1 is 1.08 bits per heavy atom. The molecule has 2 aromatic rings. The quantitative estimate of drug-likeness (QED) is 0.827. The minimum absolute atomic E-state index is 0.0966. The van der Waals surface area contributed by atoms with Crippen molar-refractivity contribution in [2.24, 2.45) is 0 Å². The highest BCUT2D eigenvalue weighted by molar-refractivity contribution is 7.92. The molecule has 0 bridgehead atoms. The highest BCUT2D eigenvalue weighted by Crippen LogP contribution is 2.21. The maximum absolute atomic E-state index is 12.6. The number of hydrogen-bond donors (Lipinski definition) is 2. The molecule has 0 aliphatic carbocycles.